The first-order chi connectivity index (χ1) is 16.4. The number of Topliss-reactive ketones (excluding diaryl/α,β-unsaturated/α-hetero) is 1. The van der Waals surface area contributed by atoms with Gasteiger partial charge in [-0.3, -0.25) is 14.6 Å². The van der Waals surface area contributed by atoms with Crippen LogP contribution in [0.1, 0.15) is 21.5 Å². The number of amides is 1. The van der Waals surface area contributed by atoms with Crippen LogP contribution in [0.25, 0.3) is 0 Å². The number of nitrogens with zero attached hydrogens (tertiary/aromatic N) is 1. The molecule has 0 aliphatic heterocycles. The Morgan fingerprint density at radius 1 is 0.941 bits per heavy atom. The predicted octanol–water partition coefficient (Wildman–Crippen LogP) is 4.57. The monoisotopic (exact) mass is 502 g/mol. The molecule has 3 aromatic rings. The average Bonchev–Trinajstić information content (AvgIpc) is 2.84. The number of ether oxygens (including phenoxy) is 3. The van der Waals surface area contributed by atoms with Crippen molar-refractivity contribution in [3.05, 3.63) is 81.6 Å². The van der Waals surface area contributed by atoms with E-state index < -0.39 is 0 Å². The number of ketones is 1. The van der Waals surface area contributed by atoms with Gasteiger partial charge in [-0.1, -0.05) is 53.5 Å². The number of methoxy groups -OCH3 is 2. The Kier molecular flexibility index (Phi) is 9.13. The minimum atomic E-state index is -0.334. The van der Waals surface area contributed by atoms with Gasteiger partial charge in [0.05, 0.1) is 29.8 Å². The van der Waals surface area contributed by atoms with Crippen LogP contribution in [-0.2, 0) is 17.6 Å². The van der Waals surface area contributed by atoms with Crippen LogP contribution in [-0.4, -0.2) is 44.0 Å². The summed E-state index contributed by atoms with van der Waals surface area (Å²) >= 11 is 12.3. The molecule has 3 rings (SSSR count). The first kappa shape index (κ1) is 25.3. The lowest BCUT2D eigenvalue weighted by atomic mass is 10.0. The van der Waals surface area contributed by atoms with Crippen molar-refractivity contribution < 1.29 is 23.8 Å². The van der Waals surface area contributed by atoms with Gasteiger partial charge < -0.3 is 19.5 Å². The number of pyridine rings is 1. The van der Waals surface area contributed by atoms with Crippen molar-refractivity contribution in [2.24, 2.45) is 0 Å². The summed E-state index contributed by atoms with van der Waals surface area (Å²) in [6, 6.07) is 12.9. The Labute approximate surface area is 208 Å². The van der Waals surface area contributed by atoms with Gasteiger partial charge in [0.25, 0.3) is 5.91 Å². The Morgan fingerprint density at radius 2 is 1.65 bits per heavy atom. The summed E-state index contributed by atoms with van der Waals surface area (Å²) in [6.07, 6.45) is 3.44. The summed E-state index contributed by atoms with van der Waals surface area (Å²) in [7, 11) is 2.89. The van der Waals surface area contributed by atoms with Gasteiger partial charge in [-0.15, -0.1) is 0 Å². The Balaban J connectivity index is 1.75. The highest BCUT2D eigenvalue weighted by atomic mass is 35.5. The van der Waals surface area contributed by atoms with Crippen molar-refractivity contribution in [2.45, 2.75) is 12.8 Å². The van der Waals surface area contributed by atoms with Gasteiger partial charge in [0, 0.05) is 30.9 Å². The van der Waals surface area contributed by atoms with Crippen molar-refractivity contribution in [1.82, 2.24) is 10.3 Å². The maximum absolute atomic E-state index is 13.2. The van der Waals surface area contributed by atoms with Crippen molar-refractivity contribution in [3.8, 4) is 17.2 Å². The fourth-order valence-corrected chi connectivity index (χ4v) is 3.80. The topological polar surface area (TPSA) is 86.8 Å². The minimum Gasteiger partial charge on any atom is -0.493 e. The van der Waals surface area contributed by atoms with Gasteiger partial charge in [-0.2, -0.15) is 0 Å². The van der Waals surface area contributed by atoms with Gasteiger partial charge in [0.2, 0.25) is 5.75 Å². The van der Waals surface area contributed by atoms with E-state index in [-0.39, 0.29) is 51.8 Å². The van der Waals surface area contributed by atoms with E-state index in [2.05, 4.69) is 10.3 Å². The number of halogens is 2. The third-order valence-corrected chi connectivity index (χ3v) is 5.67. The number of hydrogen-bond donors (Lipinski definition) is 1. The molecule has 0 unspecified atom stereocenters. The molecule has 0 spiro atoms. The largest absolute Gasteiger partial charge is 0.493 e. The van der Waals surface area contributed by atoms with E-state index in [0.717, 1.165) is 5.56 Å². The zero-order valence-corrected chi connectivity index (χ0v) is 20.3. The third-order valence-electron chi connectivity index (χ3n) is 5.02. The summed E-state index contributed by atoms with van der Waals surface area (Å²) in [5.41, 5.74) is 1.76. The molecule has 1 amide bonds. The average molecular weight is 503 g/mol. The van der Waals surface area contributed by atoms with E-state index in [1.54, 1.807) is 12.1 Å². The number of carbonyl (C=O) groups excluding carboxylic acids is 2. The zero-order valence-electron chi connectivity index (χ0n) is 18.8. The van der Waals surface area contributed by atoms with Crippen LogP contribution in [0.3, 0.4) is 0 Å². The lowest BCUT2D eigenvalue weighted by molar-refractivity contribution is -0.123. The van der Waals surface area contributed by atoms with Crippen LogP contribution >= 0.6 is 23.2 Å². The molecule has 0 bridgehead atoms. The number of benzene rings is 2. The van der Waals surface area contributed by atoms with Gasteiger partial charge >= 0.3 is 0 Å². The van der Waals surface area contributed by atoms with E-state index >= 15 is 0 Å². The maximum atomic E-state index is 13.2. The first-order valence-electron chi connectivity index (χ1n) is 10.4. The van der Waals surface area contributed by atoms with E-state index in [1.807, 2.05) is 30.3 Å². The van der Waals surface area contributed by atoms with E-state index in [1.165, 1.54) is 26.6 Å². The molecule has 7 nitrogen and oxygen atoms in total. The first-order valence-corrected chi connectivity index (χ1v) is 11.2. The van der Waals surface area contributed by atoms with Gasteiger partial charge in [-0.05, 0) is 24.1 Å². The fraction of sp³-hybridized carbons (Fsp3) is 0.240. The highest BCUT2D eigenvalue weighted by molar-refractivity contribution is 6.36. The van der Waals surface area contributed by atoms with Gasteiger partial charge in [-0.25, -0.2) is 0 Å². The van der Waals surface area contributed by atoms with E-state index in [4.69, 9.17) is 37.4 Å². The molecular formula is C25H24Cl2N2O5. The molecular weight excluding hydrogens is 479 g/mol. The Morgan fingerprint density at radius 3 is 2.29 bits per heavy atom. The lowest BCUT2D eigenvalue weighted by Gasteiger charge is -2.17. The predicted molar refractivity (Wildman–Crippen MR) is 130 cm³/mol. The molecule has 0 saturated heterocycles. The van der Waals surface area contributed by atoms with Crippen LogP contribution < -0.4 is 19.5 Å². The van der Waals surface area contributed by atoms with Gasteiger partial charge in [0.15, 0.2) is 23.9 Å². The fourth-order valence-electron chi connectivity index (χ4n) is 3.30. The van der Waals surface area contributed by atoms with Crippen molar-refractivity contribution in [2.75, 3.05) is 27.4 Å². The molecule has 0 aliphatic carbocycles. The third kappa shape index (κ3) is 6.40. The molecule has 9 heteroatoms. The number of aromatic nitrogens is 1. The molecule has 0 aliphatic rings. The molecule has 0 atom stereocenters. The van der Waals surface area contributed by atoms with Crippen LogP contribution in [0, 0.1) is 0 Å². The molecule has 0 radical (unpaired) electrons. The normalized spacial score (nSPS) is 10.5. The highest BCUT2D eigenvalue weighted by Crippen LogP contribution is 2.40. The Hall–Kier alpha value is -3.29. The van der Waals surface area contributed by atoms with E-state index in [9.17, 15) is 9.59 Å². The van der Waals surface area contributed by atoms with Crippen LogP contribution in [0.4, 0.5) is 0 Å². The summed E-state index contributed by atoms with van der Waals surface area (Å²) in [5.74, 6) is 0.0112. The zero-order chi connectivity index (χ0) is 24.5. The van der Waals surface area contributed by atoms with Gasteiger partial charge in [0.1, 0.15) is 0 Å². The summed E-state index contributed by atoms with van der Waals surface area (Å²) < 4.78 is 16.5. The summed E-state index contributed by atoms with van der Waals surface area (Å²) in [5, 5.41) is 3.37. The van der Waals surface area contributed by atoms with Crippen LogP contribution in [0.15, 0.2) is 54.9 Å². The summed E-state index contributed by atoms with van der Waals surface area (Å²) in [4.78, 5) is 29.5. The molecule has 1 aromatic heterocycles. The van der Waals surface area contributed by atoms with Crippen molar-refractivity contribution in [1.29, 1.82) is 0 Å². The Bertz CT molecular complexity index is 1140. The molecule has 34 heavy (non-hydrogen) atoms. The SMILES string of the molecule is COc1ccc(C(=O)Cc2c(Cl)cncc2Cl)c(OCC(=O)NCCc2ccccc2)c1OC. The van der Waals surface area contributed by atoms with Crippen LogP contribution in [0.2, 0.25) is 10.0 Å². The molecule has 2 aromatic carbocycles. The number of carbonyl (C=O) groups is 2. The highest BCUT2D eigenvalue weighted by Gasteiger charge is 2.23. The molecule has 0 fully saturated rings. The smallest absolute Gasteiger partial charge is 0.257 e. The summed E-state index contributed by atoms with van der Waals surface area (Å²) in [6.45, 7) is 0.141. The van der Waals surface area contributed by atoms with Crippen molar-refractivity contribution in [3.63, 3.8) is 0 Å². The lowest BCUT2D eigenvalue weighted by Crippen LogP contribution is -2.31. The van der Waals surface area contributed by atoms with Crippen LogP contribution in [0.5, 0.6) is 17.2 Å². The second-order valence-corrected chi connectivity index (χ2v) is 8.05. The molecule has 1 heterocycles. The second-order valence-electron chi connectivity index (χ2n) is 7.23. The molecule has 1 N–H and O–H groups in total. The molecule has 0 saturated carbocycles. The quantitative estimate of drug-likeness (QED) is 0.386. The number of nitrogens with one attached hydrogen (secondary N) is 1. The minimum absolute atomic E-state index is 0.0880. The molecule has 178 valence electrons. The standard InChI is InChI=1S/C25H24Cl2N2O5/c1-32-22-9-8-17(21(30)12-18-19(26)13-28-14-20(18)27)24(25(22)33-2)34-15-23(31)29-11-10-16-6-4-3-5-7-16/h3-9,13-14H,10-12,15H2,1-2H3,(H,29,31). The van der Waals surface area contributed by atoms with E-state index in [0.29, 0.717) is 24.3 Å². The van der Waals surface area contributed by atoms with Crippen molar-refractivity contribution >= 4 is 34.9 Å². The maximum Gasteiger partial charge on any atom is 0.257 e. The second kappa shape index (κ2) is 12.3. The number of rotatable bonds is 11. The number of hydrogen-bond acceptors (Lipinski definition) is 6.